The number of aromatic carboxylic acids is 1. The first-order valence-electron chi connectivity index (χ1n) is 13.7. The molecule has 0 saturated carbocycles. The van der Waals surface area contributed by atoms with Gasteiger partial charge in [-0.2, -0.15) is 0 Å². The number of thiazole rings is 1. The van der Waals surface area contributed by atoms with Gasteiger partial charge in [0.25, 0.3) is 5.56 Å². The number of benzene rings is 3. The van der Waals surface area contributed by atoms with Crippen LogP contribution in [-0.2, 0) is 16.1 Å². The average molecular weight is 598 g/mol. The number of rotatable bonds is 9. The van der Waals surface area contributed by atoms with Crippen LogP contribution in [0.5, 0.6) is 5.75 Å². The zero-order valence-electron chi connectivity index (χ0n) is 24.2. The summed E-state index contributed by atoms with van der Waals surface area (Å²) in [5, 5.41) is 9.19. The summed E-state index contributed by atoms with van der Waals surface area (Å²) in [5.41, 5.74) is 4.12. The van der Waals surface area contributed by atoms with Crippen LogP contribution in [0.4, 0.5) is 5.69 Å². The van der Waals surface area contributed by atoms with Gasteiger partial charge >= 0.3 is 11.9 Å². The van der Waals surface area contributed by atoms with Gasteiger partial charge < -0.3 is 19.5 Å². The molecule has 1 aromatic heterocycles. The second-order valence-electron chi connectivity index (χ2n) is 10.2. The fourth-order valence-corrected chi connectivity index (χ4v) is 5.88. The first kappa shape index (κ1) is 29.5. The highest BCUT2D eigenvalue weighted by molar-refractivity contribution is 7.07. The third kappa shape index (κ3) is 6.29. The third-order valence-electron chi connectivity index (χ3n) is 7.00. The molecule has 220 valence electrons. The van der Waals surface area contributed by atoms with E-state index >= 15 is 0 Å². The van der Waals surface area contributed by atoms with Crippen molar-refractivity contribution in [2.75, 3.05) is 25.6 Å². The lowest BCUT2D eigenvalue weighted by Crippen LogP contribution is -2.39. The van der Waals surface area contributed by atoms with E-state index in [4.69, 9.17) is 9.47 Å². The molecule has 43 heavy (non-hydrogen) atoms. The van der Waals surface area contributed by atoms with Gasteiger partial charge in [0.2, 0.25) is 0 Å². The normalized spacial score (nSPS) is 14.6. The minimum Gasteiger partial charge on any atom is -0.489 e. The molecule has 0 radical (unpaired) electrons. The minimum atomic E-state index is -0.989. The summed E-state index contributed by atoms with van der Waals surface area (Å²) in [6, 6.07) is 20.9. The number of aromatic nitrogens is 1. The van der Waals surface area contributed by atoms with Gasteiger partial charge in [-0.15, -0.1) is 0 Å². The maximum Gasteiger partial charge on any atom is 0.338 e. The Labute approximate surface area is 252 Å². The second kappa shape index (κ2) is 12.5. The molecule has 0 spiro atoms. The van der Waals surface area contributed by atoms with Crippen LogP contribution in [0.25, 0.3) is 6.08 Å². The number of allylic oxidation sites excluding steroid dienone is 1. The number of fused-ring (bicyclic) bond motifs is 1. The molecular weight excluding hydrogens is 566 g/mol. The Hall–Kier alpha value is -4.96. The summed E-state index contributed by atoms with van der Waals surface area (Å²) in [6.07, 6.45) is 1.79. The summed E-state index contributed by atoms with van der Waals surface area (Å²) in [7, 11) is 3.90. The number of esters is 1. The number of carboxylic acid groups (broad SMARTS) is 1. The molecule has 1 aliphatic rings. The van der Waals surface area contributed by atoms with Crippen LogP contribution < -0.4 is 24.5 Å². The number of hydrogen-bond acceptors (Lipinski definition) is 8. The molecule has 1 N–H and O–H groups in total. The van der Waals surface area contributed by atoms with E-state index in [1.54, 1.807) is 54.8 Å². The average Bonchev–Trinajstić information content (AvgIpc) is 3.30. The molecule has 5 rings (SSSR count). The Morgan fingerprint density at radius 3 is 2.44 bits per heavy atom. The molecule has 9 nitrogen and oxygen atoms in total. The molecule has 0 unspecified atom stereocenters. The quantitative estimate of drug-likeness (QED) is 0.289. The predicted molar refractivity (Wildman–Crippen MR) is 165 cm³/mol. The van der Waals surface area contributed by atoms with Crippen LogP contribution in [0, 0.1) is 0 Å². The fourth-order valence-electron chi connectivity index (χ4n) is 4.83. The Kier molecular flexibility index (Phi) is 8.58. The number of carboxylic acids is 1. The summed E-state index contributed by atoms with van der Waals surface area (Å²) in [6.45, 7) is 3.94. The molecule has 0 saturated heterocycles. The van der Waals surface area contributed by atoms with Gasteiger partial charge in [0.1, 0.15) is 12.4 Å². The number of anilines is 1. The number of ether oxygens (including phenoxy) is 2. The van der Waals surface area contributed by atoms with E-state index in [1.165, 1.54) is 17.4 Å². The van der Waals surface area contributed by atoms with E-state index in [2.05, 4.69) is 4.99 Å². The van der Waals surface area contributed by atoms with Crippen molar-refractivity contribution in [1.29, 1.82) is 0 Å². The van der Waals surface area contributed by atoms with Gasteiger partial charge in [-0.25, -0.2) is 14.6 Å². The van der Waals surface area contributed by atoms with Crippen molar-refractivity contribution in [3.8, 4) is 5.75 Å². The number of carbonyl (C=O) groups is 2. The Balaban J connectivity index is 1.47. The molecule has 1 atom stereocenters. The zero-order valence-corrected chi connectivity index (χ0v) is 25.1. The van der Waals surface area contributed by atoms with Crippen molar-refractivity contribution in [1.82, 2.24) is 4.57 Å². The second-order valence-corrected chi connectivity index (χ2v) is 11.2. The van der Waals surface area contributed by atoms with Gasteiger partial charge in [0.15, 0.2) is 4.80 Å². The molecule has 1 aliphatic heterocycles. The van der Waals surface area contributed by atoms with Crippen LogP contribution in [0.3, 0.4) is 0 Å². The third-order valence-corrected chi connectivity index (χ3v) is 7.98. The highest BCUT2D eigenvalue weighted by Crippen LogP contribution is 2.31. The zero-order chi connectivity index (χ0) is 30.7. The van der Waals surface area contributed by atoms with Gasteiger partial charge in [0, 0.05) is 19.8 Å². The summed E-state index contributed by atoms with van der Waals surface area (Å²) in [4.78, 5) is 45.3. The van der Waals surface area contributed by atoms with Crippen molar-refractivity contribution in [3.63, 3.8) is 0 Å². The highest BCUT2D eigenvalue weighted by Gasteiger charge is 2.33. The van der Waals surface area contributed by atoms with E-state index in [0.29, 0.717) is 26.4 Å². The molecule has 4 aromatic rings. The van der Waals surface area contributed by atoms with Crippen LogP contribution >= 0.6 is 11.3 Å². The molecule has 2 heterocycles. The standard InChI is InChI=1S/C33H31N3O6S/c1-5-41-32(40)28-20(2)34-33-36(29(28)23-11-13-25(14-12-23)35(3)4)30(37)27(43-33)18-21-9-15-26(16-10-21)42-19-22-7-6-8-24(17-22)31(38)39/h6-18,29H,5,19H2,1-4H3,(H,38,39)/b27-18-/t29-/m0/s1. The lowest BCUT2D eigenvalue weighted by molar-refractivity contribution is -0.139. The largest absolute Gasteiger partial charge is 0.489 e. The first-order valence-corrected chi connectivity index (χ1v) is 14.5. The molecule has 0 fully saturated rings. The Morgan fingerprint density at radius 1 is 1.07 bits per heavy atom. The first-order chi connectivity index (χ1) is 20.7. The van der Waals surface area contributed by atoms with Gasteiger partial charge in [0.05, 0.1) is 34.0 Å². The number of carbonyl (C=O) groups excluding carboxylic acids is 1. The van der Waals surface area contributed by atoms with Gasteiger partial charge in [-0.1, -0.05) is 47.7 Å². The topological polar surface area (TPSA) is 110 Å². The molecular formula is C33H31N3O6S. The molecule has 3 aromatic carbocycles. The van der Waals surface area contributed by atoms with E-state index in [-0.39, 0.29) is 24.3 Å². The van der Waals surface area contributed by atoms with E-state index in [0.717, 1.165) is 22.4 Å². The van der Waals surface area contributed by atoms with Crippen LogP contribution in [0.15, 0.2) is 93.9 Å². The summed E-state index contributed by atoms with van der Waals surface area (Å²) >= 11 is 1.26. The lowest BCUT2D eigenvalue weighted by atomic mass is 9.95. The van der Waals surface area contributed by atoms with E-state index in [1.807, 2.05) is 55.4 Å². The number of nitrogens with zero attached hydrogens (tertiary/aromatic N) is 3. The molecule has 0 amide bonds. The van der Waals surface area contributed by atoms with E-state index < -0.39 is 18.0 Å². The fraction of sp³-hybridized carbons (Fsp3) is 0.212. The molecule has 10 heteroatoms. The Bertz CT molecular complexity index is 1890. The lowest BCUT2D eigenvalue weighted by Gasteiger charge is -2.25. The van der Waals surface area contributed by atoms with Crippen LogP contribution in [0.1, 0.15) is 46.9 Å². The van der Waals surface area contributed by atoms with Crippen molar-refractivity contribution in [3.05, 3.63) is 126 Å². The predicted octanol–water partition coefficient (Wildman–Crippen LogP) is 4.14. The van der Waals surface area contributed by atoms with Crippen molar-refractivity contribution < 1.29 is 24.2 Å². The van der Waals surface area contributed by atoms with Crippen molar-refractivity contribution >= 4 is 35.0 Å². The van der Waals surface area contributed by atoms with Crippen molar-refractivity contribution in [2.45, 2.75) is 26.5 Å². The summed E-state index contributed by atoms with van der Waals surface area (Å²) in [5.74, 6) is -0.877. The van der Waals surface area contributed by atoms with Crippen molar-refractivity contribution in [2.24, 2.45) is 4.99 Å². The van der Waals surface area contributed by atoms with Gasteiger partial charge in [-0.3, -0.25) is 9.36 Å². The van der Waals surface area contributed by atoms with Crippen LogP contribution in [0.2, 0.25) is 0 Å². The highest BCUT2D eigenvalue weighted by atomic mass is 32.1. The maximum absolute atomic E-state index is 13.8. The Morgan fingerprint density at radius 2 is 1.79 bits per heavy atom. The molecule has 0 aliphatic carbocycles. The SMILES string of the molecule is CCOC(=O)C1=C(C)N=c2s/c(=C\c3ccc(OCc4cccc(C(=O)O)c4)cc3)c(=O)n2[C@H]1c1ccc(N(C)C)cc1. The maximum atomic E-state index is 13.8. The summed E-state index contributed by atoms with van der Waals surface area (Å²) < 4.78 is 13.3. The smallest absolute Gasteiger partial charge is 0.338 e. The van der Waals surface area contributed by atoms with Crippen LogP contribution in [-0.4, -0.2) is 42.3 Å². The minimum absolute atomic E-state index is 0.204. The monoisotopic (exact) mass is 597 g/mol. The molecule has 0 bridgehead atoms. The van der Waals surface area contributed by atoms with Gasteiger partial charge in [-0.05, 0) is 73.0 Å². The number of hydrogen-bond donors (Lipinski definition) is 1. The van der Waals surface area contributed by atoms with E-state index in [9.17, 15) is 19.5 Å².